The summed E-state index contributed by atoms with van der Waals surface area (Å²) in [5.41, 5.74) is 0.668. The smallest absolute Gasteiger partial charge is 0.254 e. The summed E-state index contributed by atoms with van der Waals surface area (Å²) in [5.74, 6) is 0.681. The summed E-state index contributed by atoms with van der Waals surface area (Å²) in [4.78, 5) is 11.9. The number of aromatic nitrogens is 2. The zero-order valence-electron chi connectivity index (χ0n) is 12.1. The van der Waals surface area contributed by atoms with Gasteiger partial charge in [-0.2, -0.15) is 0 Å². The zero-order chi connectivity index (χ0) is 16.2. The van der Waals surface area contributed by atoms with Crippen LogP contribution in [0.2, 0.25) is 10.0 Å². The molecule has 1 aliphatic rings. The van der Waals surface area contributed by atoms with E-state index in [2.05, 4.69) is 20.8 Å². The van der Waals surface area contributed by atoms with Crippen LogP contribution < -0.4 is 10.6 Å². The summed E-state index contributed by atoms with van der Waals surface area (Å²) in [7, 11) is 0. The van der Waals surface area contributed by atoms with Crippen LogP contribution in [-0.2, 0) is 9.53 Å². The minimum absolute atomic E-state index is 0.196. The molecule has 1 unspecified atom stereocenters. The molecule has 0 aliphatic carbocycles. The Morgan fingerprint density at radius 3 is 2.61 bits per heavy atom. The third-order valence-electron chi connectivity index (χ3n) is 3.33. The van der Waals surface area contributed by atoms with Crippen LogP contribution in [-0.4, -0.2) is 28.8 Å². The van der Waals surface area contributed by atoms with E-state index in [-0.39, 0.29) is 5.91 Å². The second-order valence-corrected chi connectivity index (χ2v) is 5.89. The van der Waals surface area contributed by atoms with E-state index < -0.39 is 6.10 Å². The fourth-order valence-corrected chi connectivity index (χ4v) is 2.64. The molecule has 1 aliphatic heterocycles. The van der Waals surface area contributed by atoms with E-state index in [0.717, 1.165) is 12.8 Å². The van der Waals surface area contributed by atoms with Crippen molar-refractivity contribution in [3.63, 3.8) is 0 Å². The molecule has 2 N–H and O–H groups in total. The van der Waals surface area contributed by atoms with Crippen LogP contribution in [0.15, 0.2) is 30.3 Å². The monoisotopic (exact) mass is 352 g/mol. The topological polar surface area (TPSA) is 76.1 Å². The third-order valence-corrected chi connectivity index (χ3v) is 3.88. The van der Waals surface area contributed by atoms with Gasteiger partial charge in [0.25, 0.3) is 5.91 Å². The van der Waals surface area contributed by atoms with Gasteiger partial charge in [-0.3, -0.25) is 4.79 Å². The normalized spacial score (nSPS) is 17.0. The zero-order valence-corrected chi connectivity index (χ0v) is 13.6. The van der Waals surface area contributed by atoms with Gasteiger partial charge < -0.3 is 15.4 Å². The van der Waals surface area contributed by atoms with Crippen molar-refractivity contribution >= 4 is 46.4 Å². The largest absolute Gasteiger partial charge is 0.368 e. The van der Waals surface area contributed by atoms with Crippen molar-refractivity contribution in [3.8, 4) is 0 Å². The number of rotatable bonds is 4. The van der Waals surface area contributed by atoms with E-state index in [4.69, 9.17) is 27.9 Å². The average Bonchev–Trinajstić information content (AvgIpc) is 3.06. The molecule has 1 amide bonds. The van der Waals surface area contributed by atoms with Crippen molar-refractivity contribution in [1.29, 1.82) is 0 Å². The summed E-state index contributed by atoms with van der Waals surface area (Å²) in [6.07, 6.45) is 1.23. The number of benzene rings is 1. The first-order valence-corrected chi connectivity index (χ1v) is 7.86. The van der Waals surface area contributed by atoms with Gasteiger partial charge in [0.2, 0.25) is 0 Å². The van der Waals surface area contributed by atoms with E-state index in [0.29, 0.717) is 34.0 Å². The minimum Gasteiger partial charge on any atom is -0.368 e. The maximum absolute atomic E-state index is 11.9. The number of ether oxygens (including phenoxy) is 1. The Morgan fingerprint density at radius 1 is 1.17 bits per heavy atom. The van der Waals surface area contributed by atoms with E-state index in [1.807, 2.05) is 0 Å². The first kappa shape index (κ1) is 16.0. The van der Waals surface area contributed by atoms with Crippen LogP contribution >= 0.6 is 23.2 Å². The number of carbonyl (C=O) groups excluding carboxylic acids is 1. The molecule has 1 atom stereocenters. The van der Waals surface area contributed by atoms with E-state index >= 15 is 0 Å². The van der Waals surface area contributed by atoms with Crippen molar-refractivity contribution < 1.29 is 9.53 Å². The number of hydrogen-bond acceptors (Lipinski definition) is 5. The van der Waals surface area contributed by atoms with Gasteiger partial charge in [0.15, 0.2) is 11.6 Å². The quantitative estimate of drug-likeness (QED) is 0.878. The van der Waals surface area contributed by atoms with Gasteiger partial charge in [-0.05, 0) is 43.2 Å². The maximum Gasteiger partial charge on any atom is 0.254 e. The van der Waals surface area contributed by atoms with Gasteiger partial charge in [0.05, 0.1) is 10.7 Å². The van der Waals surface area contributed by atoms with Gasteiger partial charge in [-0.1, -0.05) is 23.2 Å². The summed E-state index contributed by atoms with van der Waals surface area (Å²) < 4.78 is 5.31. The second kappa shape index (κ2) is 7.12. The van der Waals surface area contributed by atoms with Gasteiger partial charge in [-0.15, -0.1) is 10.2 Å². The van der Waals surface area contributed by atoms with Gasteiger partial charge >= 0.3 is 0 Å². The molecule has 0 radical (unpaired) electrons. The Hall–Kier alpha value is -1.89. The molecule has 0 saturated carbocycles. The maximum atomic E-state index is 11.9. The van der Waals surface area contributed by atoms with Gasteiger partial charge in [-0.25, -0.2) is 0 Å². The highest BCUT2D eigenvalue weighted by Gasteiger charge is 2.23. The van der Waals surface area contributed by atoms with Gasteiger partial charge in [0, 0.05) is 11.6 Å². The van der Waals surface area contributed by atoms with Crippen LogP contribution in [0.25, 0.3) is 0 Å². The van der Waals surface area contributed by atoms with Crippen molar-refractivity contribution in [2.24, 2.45) is 0 Å². The molecule has 1 aromatic heterocycles. The molecule has 1 fully saturated rings. The molecule has 2 heterocycles. The lowest BCUT2D eigenvalue weighted by Crippen LogP contribution is -2.27. The summed E-state index contributed by atoms with van der Waals surface area (Å²) >= 11 is 11.9. The molecular formula is C15H14Cl2N4O2. The third kappa shape index (κ3) is 4.10. The molecule has 6 nitrogen and oxygen atoms in total. The molecule has 0 spiro atoms. The fourth-order valence-electron chi connectivity index (χ4n) is 2.19. The second-order valence-electron chi connectivity index (χ2n) is 5.04. The molecule has 23 heavy (non-hydrogen) atoms. The molecule has 2 aromatic rings. The number of nitrogens with zero attached hydrogens (tertiary/aromatic N) is 2. The van der Waals surface area contributed by atoms with Crippen molar-refractivity contribution in [1.82, 2.24) is 10.2 Å². The highest BCUT2D eigenvalue weighted by atomic mass is 35.5. The minimum atomic E-state index is -0.400. The first-order chi connectivity index (χ1) is 11.1. The number of carbonyl (C=O) groups is 1. The molecule has 120 valence electrons. The molecule has 3 rings (SSSR count). The molecule has 8 heteroatoms. The van der Waals surface area contributed by atoms with Gasteiger partial charge in [0.1, 0.15) is 6.10 Å². The average molecular weight is 353 g/mol. The predicted molar refractivity (Wildman–Crippen MR) is 89.4 cm³/mol. The number of nitrogens with one attached hydrogen (secondary N) is 2. The SMILES string of the molecule is O=C(Nc1ccc(Nc2ccc(Cl)cc2Cl)nn1)C1CCCO1. The molecular weight excluding hydrogens is 339 g/mol. The Balaban J connectivity index is 1.63. The van der Waals surface area contributed by atoms with E-state index in [9.17, 15) is 4.79 Å². The van der Waals surface area contributed by atoms with Crippen molar-refractivity contribution in [2.45, 2.75) is 18.9 Å². The van der Waals surface area contributed by atoms with Crippen molar-refractivity contribution in [2.75, 3.05) is 17.2 Å². The summed E-state index contributed by atoms with van der Waals surface area (Å²) in [6.45, 7) is 0.620. The Labute approximate surface area is 143 Å². The lowest BCUT2D eigenvalue weighted by Gasteiger charge is -2.10. The lowest BCUT2D eigenvalue weighted by molar-refractivity contribution is -0.124. The predicted octanol–water partition coefficient (Wildman–Crippen LogP) is 3.64. The van der Waals surface area contributed by atoms with Crippen molar-refractivity contribution in [3.05, 3.63) is 40.4 Å². The fraction of sp³-hybridized carbons (Fsp3) is 0.267. The number of anilines is 3. The Bertz CT molecular complexity index is 703. The standard InChI is InChI=1S/C15H14Cl2N4O2/c16-9-3-4-11(10(17)8-9)18-13-5-6-14(21-20-13)19-15(22)12-2-1-7-23-12/h3-6,8,12H,1-2,7H2,(H,18,20)(H,19,21,22). The van der Waals surface area contributed by atoms with Crippen LogP contribution in [0, 0.1) is 0 Å². The van der Waals surface area contributed by atoms with Crippen LogP contribution in [0.3, 0.4) is 0 Å². The first-order valence-electron chi connectivity index (χ1n) is 7.10. The molecule has 1 saturated heterocycles. The summed E-state index contributed by atoms with van der Waals surface area (Å²) in [6, 6.07) is 8.46. The number of amides is 1. The van der Waals surface area contributed by atoms with E-state index in [1.54, 1.807) is 30.3 Å². The molecule has 0 bridgehead atoms. The number of hydrogen-bond donors (Lipinski definition) is 2. The highest BCUT2D eigenvalue weighted by molar-refractivity contribution is 6.36. The lowest BCUT2D eigenvalue weighted by atomic mass is 10.2. The molecule has 1 aromatic carbocycles. The van der Waals surface area contributed by atoms with Crippen LogP contribution in [0.5, 0.6) is 0 Å². The van der Waals surface area contributed by atoms with Crippen LogP contribution in [0.1, 0.15) is 12.8 Å². The Kier molecular flexibility index (Phi) is 4.95. The highest BCUT2D eigenvalue weighted by Crippen LogP contribution is 2.27. The Morgan fingerprint density at radius 2 is 1.96 bits per heavy atom. The summed E-state index contributed by atoms with van der Waals surface area (Å²) in [5, 5.41) is 14.7. The van der Waals surface area contributed by atoms with Crippen LogP contribution in [0.4, 0.5) is 17.3 Å². The number of halogens is 2. The van der Waals surface area contributed by atoms with E-state index in [1.165, 1.54) is 0 Å².